The number of nitrogens with one attached hydrogen (secondary N) is 1. The zero-order valence-corrected chi connectivity index (χ0v) is 14.6. The van der Waals surface area contributed by atoms with Crippen molar-refractivity contribution in [2.45, 2.75) is 0 Å². The van der Waals surface area contributed by atoms with Crippen LogP contribution in [0.4, 0.5) is 16.2 Å². The molecule has 0 saturated carbocycles. The van der Waals surface area contributed by atoms with Crippen LogP contribution in [0.15, 0.2) is 48.5 Å². The van der Waals surface area contributed by atoms with Crippen LogP contribution in [0, 0.1) is 0 Å². The zero-order valence-electron chi connectivity index (χ0n) is 14.6. The summed E-state index contributed by atoms with van der Waals surface area (Å²) in [6, 6.07) is 15.3. The Hall–Kier alpha value is -2.89. The number of carbonyl (C=O) groups is 1. The van der Waals surface area contributed by atoms with E-state index < -0.39 is 0 Å². The fraction of sp³-hybridized carbons (Fsp3) is 0.316. The van der Waals surface area contributed by atoms with Crippen molar-refractivity contribution >= 4 is 17.4 Å². The Morgan fingerprint density at radius 1 is 0.920 bits per heavy atom. The smallest absolute Gasteiger partial charge is 0.321 e. The van der Waals surface area contributed by atoms with Crippen LogP contribution in [0.3, 0.4) is 0 Å². The molecule has 2 aromatic rings. The number of hydrogen-bond donors (Lipinski definition) is 1. The van der Waals surface area contributed by atoms with Crippen LogP contribution < -0.4 is 19.7 Å². The number of methoxy groups -OCH3 is 2. The van der Waals surface area contributed by atoms with E-state index in [0.29, 0.717) is 13.1 Å². The van der Waals surface area contributed by atoms with Crippen LogP contribution in [0.1, 0.15) is 0 Å². The first-order chi connectivity index (χ1) is 12.2. The van der Waals surface area contributed by atoms with Crippen LogP contribution >= 0.6 is 0 Å². The topological polar surface area (TPSA) is 54.0 Å². The van der Waals surface area contributed by atoms with Crippen molar-refractivity contribution in [3.63, 3.8) is 0 Å². The lowest BCUT2D eigenvalue weighted by Crippen LogP contribution is -2.50. The SMILES string of the molecule is COc1ccc(N2CCN(C(=O)Nc3cccc(OC)c3)CC2)cc1. The maximum atomic E-state index is 12.4. The van der Waals surface area contributed by atoms with Gasteiger partial charge >= 0.3 is 6.03 Å². The second-order valence-electron chi connectivity index (χ2n) is 5.83. The van der Waals surface area contributed by atoms with Crippen LogP contribution in [0.2, 0.25) is 0 Å². The Kier molecular flexibility index (Phi) is 5.28. The largest absolute Gasteiger partial charge is 0.497 e. The summed E-state index contributed by atoms with van der Waals surface area (Å²) in [7, 11) is 3.27. The first-order valence-corrected chi connectivity index (χ1v) is 8.28. The summed E-state index contributed by atoms with van der Waals surface area (Å²) in [6.45, 7) is 2.97. The maximum absolute atomic E-state index is 12.4. The lowest BCUT2D eigenvalue weighted by atomic mass is 10.2. The molecule has 0 radical (unpaired) electrons. The number of ether oxygens (including phenoxy) is 2. The normalized spacial score (nSPS) is 14.2. The molecule has 1 saturated heterocycles. The number of amides is 2. The molecule has 6 nitrogen and oxygen atoms in total. The van der Waals surface area contributed by atoms with Gasteiger partial charge in [-0.1, -0.05) is 6.07 Å². The summed E-state index contributed by atoms with van der Waals surface area (Å²) in [5.41, 5.74) is 1.88. The Labute approximate surface area is 147 Å². The molecule has 0 aromatic heterocycles. The van der Waals surface area contributed by atoms with E-state index in [0.717, 1.165) is 36.0 Å². The summed E-state index contributed by atoms with van der Waals surface area (Å²) < 4.78 is 10.4. The van der Waals surface area contributed by atoms with Gasteiger partial charge in [-0.15, -0.1) is 0 Å². The van der Waals surface area contributed by atoms with Crippen molar-refractivity contribution in [1.29, 1.82) is 0 Å². The number of nitrogens with zero attached hydrogens (tertiary/aromatic N) is 2. The van der Waals surface area contributed by atoms with Gasteiger partial charge in [0.15, 0.2) is 0 Å². The van der Waals surface area contributed by atoms with E-state index in [1.807, 2.05) is 53.4 Å². The number of urea groups is 1. The molecule has 0 atom stereocenters. The molecule has 1 aliphatic rings. The van der Waals surface area contributed by atoms with Crippen LogP contribution in [-0.2, 0) is 0 Å². The summed E-state index contributed by atoms with van der Waals surface area (Å²) in [5, 5.41) is 2.93. The molecule has 1 N–H and O–H groups in total. The van der Waals surface area contributed by atoms with Gasteiger partial charge in [-0.25, -0.2) is 4.79 Å². The number of carbonyl (C=O) groups excluding carboxylic acids is 1. The Morgan fingerprint density at radius 2 is 1.60 bits per heavy atom. The minimum absolute atomic E-state index is 0.0809. The predicted molar refractivity (Wildman–Crippen MR) is 98.8 cm³/mol. The van der Waals surface area contributed by atoms with Crippen molar-refractivity contribution in [3.8, 4) is 11.5 Å². The molecule has 1 fully saturated rings. The molecular weight excluding hydrogens is 318 g/mol. The number of anilines is 2. The highest BCUT2D eigenvalue weighted by molar-refractivity contribution is 5.89. The second-order valence-corrected chi connectivity index (χ2v) is 5.83. The molecule has 0 aliphatic carbocycles. The van der Waals surface area contributed by atoms with Crippen molar-refractivity contribution in [1.82, 2.24) is 4.90 Å². The van der Waals surface area contributed by atoms with E-state index in [2.05, 4.69) is 10.2 Å². The van der Waals surface area contributed by atoms with E-state index in [1.165, 1.54) is 0 Å². The Morgan fingerprint density at radius 3 is 2.24 bits per heavy atom. The maximum Gasteiger partial charge on any atom is 0.321 e. The molecule has 6 heteroatoms. The van der Waals surface area contributed by atoms with Crippen molar-refractivity contribution in [2.24, 2.45) is 0 Å². The van der Waals surface area contributed by atoms with E-state index in [9.17, 15) is 4.79 Å². The van der Waals surface area contributed by atoms with Crippen LogP contribution in [0.5, 0.6) is 11.5 Å². The average Bonchev–Trinajstić information content (AvgIpc) is 2.68. The minimum Gasteiger partial charge on any atom is -0.497 e. The Balaban J connectivity index is 1.54. The standard InChI is InChI=1S/C19H23N3O3/c1-24-17-8-6-16(7-9-17)21-10-12-22(13-11-21)19(23)20-15-4-3-5-18(14-15)25-2/h3-9,14H,10-13H2,1-2H3,(H,20,23). The van der Waals surface area contributed by atoms with Gasteiger partial charge < -0.3 is 24.6 Å². The van der Waals surface area contributed by atoms with Gasteiger partial charge in [0.2, 0.25) is 0 Å². The number of rotatable bonds is 4. The molecule has 0 unspecified atom stereocenters. The van der Waals surface area contributed by atoms with Gasteiger partial charge in [-0.2, -0.15) is 0 Å². The lowest BCUT2D eigenvalue weighted by molar-refractivity contribution is 0.208. The molecule has 2 amide bonds. The van der Waals surface area contributed by atoms with E-state index in [4.69, 9.17) is 9.47 Å². The highest BCUT2D eigenvalue weighted by Gasteiger charge is 2.21. The van der Waals surface area contributed by atoms with Crippen LogP contribution in [0.25, 0.3) is 0 Å². The molecule has 1 heterocycles. The van der Waals surface area contributed by atoms with Crippen molar-refractivity contribution in [2.75, 3.05) is 50.6 Å². The molecular formula is C19H23N3O3. The molecule has 2 aromatic carbocycles. The van der Waals surface area contributed by atoms with Gasteiger partial charge in [0, 0.05) is 43.6 Å². The fourth-order valence-corrected chi connectivity index (χ4v) is 2.86. The minimum atomic E-state index is -0.0809. The predicted octanol–water partition coefficient (Wildman–Crippen LogP) is 3.06. The first-order valence-electron chi connectivity index (χ1n) is 8.28. The third kappa shape index (κ3) is 4.15. The lowest BCUT2D eigenvalue weighted by Gasteiger charge is -2.36. The second kappa shape index (κ2) is 7.79. The van der Waals surface area contributed by atoms with Crippen LogP contribution in [-0.4, -0.2) is 51.3 Å². The number of hydrogen-bond acceptors (Lipinski definition) is 4. The summed E-state index contributed by atoms with van der Waals surface area (Å²) >= 11 is 0. The monoisotopic (exact) mass is 341 g/mol. The van der Waals surface area contributed by atoms with Gasteiger partial charge in [-0.3, -0.25) is 0 Å². The highest BCUT2D eigenvalue weighted by atomic mass is 16.5. The fourth-order valence-electron chi connectivity index (χ4n) is 2.86. The quantitative estimate of drug-likeness (QED) is 0.929. The molecule has 132 valence electrons. The average molecular weight is 341 g/mol. The van der Waals surface area contributed by atoms with Gasteiger partial charge in [0.1, 0.15) is 11.5 Å². The summed E-state index contributed by atoms with van der Waals surface area (Å²) in [6.07, 6.45) is 0. The number of benzene rings is 2. The molecule has 0 bridgehead atoms. The molecule has 1 aliphatic heterocycles. The third-order valence-corrected chi connectivity index (χ3v) is 4.33. The van der Waals surface area contributed by atoms with Gasteiger partial charge in [0.05, 0.1) is 14.2 Å². The van der Waals surface area contributed by atoms with Gasteiger partial charge in [-0.05, 0) is 36.4 Å². The molecule has 0 spiro atoms. The molecule has 3 rings (SSSR count). The van der Waals surface area contributed by atoms with E-state index >= 15 is 0 Å². The van der Waals surface area contributed by atoms with E-state index in [-0.39, 0.29) is 6.03 Å². The third-order valence-electron chi connectivity index (χ3n) is 4.33. The van der Waals surface area contributed by atoms with Crippen molar-refractivity contribution < 1.29 is 14.3 Å². The summed E-state index contributed by atoms with van der Waals surface area (Å²) in [4.78, 5) is 16.5. The zero-order chi connectivity index (χ0) is 17.6. The van der Waals surface area contributed by atoms with Crippen molar-refractivity contribution in [3.05, 3.63) is 48.5 Å². The van der Waals surface area contributed by atoms with Gasteiger partial charge in [0.25, 0.3) is 0 Å². The first kappa shape index (κ1) is 17.0. The number of piperazine rings is 1. The Bertz CT molecular complexity index is 710. The highest BCUT2D eigenvalue weighted by Crippen LogP contribution is 2.21. The summed E-state index contributed by atoms with van der Waals surface area (Å²) in [5.74, 6) is 1.57. The van der Waals surface area contributed by atoms with E-state index in [1.54, 1.807) is 14.2 Å². The molecule has 25 heavy (non-hydrogen) atoms.